The van der Waals surface area contributed by atoms with Crippen molar-refractivity contribution in [1.82, 2.24) is 4.31 Å². The van der Waals surface area contributed by atoms with Crippen molar-refractivity contribution in [3.8, 4) is 0 Å². The minimum Gasteiger partial charge on any atom is -0.377 e. The predicted octanol–water partition coefficient (Wildman–Crippen LogP) is 1.97. The van der Waals surface area contributed by atoms with Crippen molar-refractivity contribution in [2.45, 2.75) is 43.1 Å². The summed E-state index contributed by atoms with van der Waals surface area (Å²) >= 11 is 0. The van der Waals surface area contributed by atoms with Gasteiger partial charge in [-0.3, -0.25) is 0 Å². The molecule has 0 spiro atoms. The molecule has 1 aromatic carbocycles. The van der Waals surface area contributed by atoms with E-state index in [2.05, 4.69) is 0 Å². The van der Waals surface area contributed by atoms with Gasteiger partial charge in [-0.25, -0.2) is 8.42 Å². The molecular formula is C15H21NO3S. The average Bonchev–Trinajstić information content (AvgIpc) is 3.07. The molecule has 0 aromatic heterocycles. The summed E-state index contributed by atoms with van der Waals surface area (Å²) in [5.74, 6) is 0. The summed E-state index contributed by atoms with van der Waals surface area (Å²) in [5.41, 5.74) is 2.49. The third-order valence-electron chi connectivity index (χ3n) is 4.26. The lowest BCUT2D eigenvalue weighted by Crippen LogP contribution is -2.34. The van der Waals surface area contributed by atoms with E-state index in [4.69, 9.17) is 4.74 Å². The predicted molar refractivity (Wildman–Crippen MR) is 77.3 cm³/mol. The van der Waals surface area contributed by atoms with Crippen LogP contribution in [0.2, 0.25) is 0 Å². The zero-order valence-corrected chi connectivity index (χ0v) is 12.7. The minimum atomic E-state index is -3.39. The first-order valence-electron chi connectivity index (χ1n) is 7.27. The number of hydrogen-bond donors (Lipinski definition) is 0. The zero-order valence-electron chi connectivity index (χ0n) is 11.8. The van der Waals surface area contributed by atoms with Crippen LogP contribution < -0.4 is 0 Å². The van der Waals surface area contributed by atoms with Gasteiger partial charge in [-0.1, -0.05) is 6.07 Å². The molecular weight excluding hydrogens is 274 g/mol. The van der Waals surface area contributed by atoms with Crippen LogP contribution in [-0.2, 0) is 27.6 Å². The van der Waals surface area contributed by atoms with Crippen LogP contribution in [0.1, 0.15) is 30.4 Å². The number of ether oxygens (including phenoxy) is 1. The molecule has 1 fully saturated rings. The van der Waals surface area contributed by atoms with Gasteiger partial charge >= 0.3 is 0 Å². The number of fused-ring (bicyclic) bond motifs is 1. The monoisotopic (exact) mass is 295 g/mol. The van der Waals surface area contributed by atoms with Crippen molar-refractivity contribution >= 4 is 10.0 Å². The lowest BCUT2D eigenvalue weighted by Gasteiger charge is -2.20. The first kappa shape index (κ1) is 14.0. The molecule has 1 atom stereocenters. The fourth-order valence-electron chi connectivity index (χ4n) is 3.06. The molecule has 4 nitrogen and oxygen atoms in total. The van der Waals surface area contributed by atoms with Crippen LogP contribution in [-0.4, -0.2) is 39.0 Å². The normalized spacial score (nSPS) is 22.4. The van der Waals surface area contributed by atoms with Gasteiger partial charge in [-0.15, -0.1) is 0 Å². The Balaban J connectivity index is 1.79. The highest BCUT2D eigenvalue weighted by Gasteiger charge is 2.27. The van der Waals surface area contributed by atoms with Crippen LogP contribution in [0.4, 0.5) is 0 Å². The number of rotatable bonds is 4. The average molecular weight is 295 g/mol. The van der Waals surface area contributed by atoms with Gasteiger partial charge in [-0.2, -0.15) is 4.31 Å². The van der Waals surface area contributed by atoms with Gasteiger partial charge in [-0.05, 0) is 55.4 Å². The molecule has 0 saturated carbocycles. The van der Waals surface area contributed by atoms with Crippen LogP contribution in [0, 0.1) is 0 Å². The van der Waals surface area contributed by atoms with E-state index in [0.717, 1.165) is 38.7 Å². The second-order valence-electron chi connectivity index (χ2n) is 5.70. The van der Waals surface area contributed by atoms with Gasteiger partial charge in [0, 0.05) is 20.2 Å². The molecule has 5 heteroatoms. The van der Waals surface area contributed by atoms with Crippen molar-refractivity contribution in [1.29, 1.82) is 0 Å². The lowest BCUT2D eigenvalue weighted by molar-refractivity contribution is 0.0979. The van der Waals surface area contributed by atoms with E-state index in [1.54, 1.807) is 13.1 Å². The van der Waals surface area contributed by atoms with E-state index in [1.807, 2.05) is 12.1 Å². The molecule has 1 aliphatic heterocycles. The summed E-state index contributed by atoms with van der Waals surface area (Å²) in [4.78, 5) is 0.415. The fraction of sp³-hybridized carbons (Fsp3) is 0.600. The zero-order chi connectivity index (χ0) is 14.2. The summed E-state index contributed by atoms with van der Waals surface area (Å²) in [6.07, 6.45) is 5.21. The molecule has 3 rings (SSSR count). The summed E-state index contributed by atoms with van der Waals surface area (Å²) in [5, 5.41) is 0. The smallest absolute Gasteiger partial charge is 0.242 e. The topological polar surface area (TPSA) is 46.6 Å². The fourth-order valence-corrected chi connectivity index (χ4v) is 4.32. The third-order valence-corrected chi connectivity index (χ3v) is 6.08. The van der Waals surface area contributed by atoms with E-state index in [9.17, 15) is 8.42 Å². The highest BCUT2D eigenvalue weighted by molar-refractivity contribution is 7.89. The van der Waals surface area contributed by atoms with Crippen LogP contribution in [0.3, 0.4) is 0 Å². The molecule has 1 heterocycles. The Morgan fingerprint density at radius 1 is 1.25 bits per heavy atom. The van der Waals surface area contributed by atoms with Gasteiger partial charge in [0.05, 0.1) is 11.0 Å². The Labute approximate surface area is 120 Å². The Morgan fingerprint density at radius 2 is 2.05 bits per heavy atom. The quantitative estimate of drug-likeness (QED) is 0.853. The maximum atomic E-state index is 12.6. The molecule has 1 aliphatic carbocycles. The van der Waals surface area contributed by atoms with Crippen molar-refractivity contribution < 1.29 is 13.2 Å². The first-order valence-corrected chi connectivity index (χ1v) is 8.71. The second-order valence-corrected chi connectivity index (χ2v) is 7.75. The Morgan fingerprint density at radius 3 is 2.80 bits per heavy atom. The summed E-state index contributed by atoms with van der Waals surface area (Å²) in [6, 6.07) is 5.56. The number of aryl methyl sites for hydroxylation is 2. The van der Waals surface area contributed by atoms with Crippen LogP contribution in [0.25, 0.3) is 0 Å². The standard InChI is InChI=1S/C15H21NO3S/c1-16(11-14-6-3-9-19-14)20(17,18)15-8-7-12-4-2-5-13(12)10-15/h7-8,10,14H,2-6,9,11H2,1H3. The first-order chi connectivity index (χ1) is 9.57. The van der Waals surface area contributed by atoms with Crippen molar-refractivity contribution in [2.75, 3.05) is 20.2 Å². The molecule has 110 valence electrons. The maximum Gasteiger partial charge on any atom is 0.242 e. The molecule has 1 unspecified atom stereocenters. The molecule has 20 heavy (non-hydrogen) atoms. The lowest BCUT2D eigenvalue weighted by atomic mass is 10.1. The van der Waals surface area contributed by atoms with Gasteiger partial charge in [0.25, 0.3) is 0 Å². The molecule has 1 saturated heterocycles. The minimum absolute atomic E-state index is 0.0456. The Kier molecular flexibility index (Phi) is 3.84. The SMILES string of the molecule is CN(CC1CCCO1)S(=O)(=O)c1ccc2c(c1)CCC2. The highest BCUT2D eigenvalue weighted by Crippen LogP contribution is 2.26. The number of likely N-dealkylation sites (N-methyl/N-ethyl adjacent to an activating group) is 1. The van der Waals surface area contributed by atoms with Gasteiger partial charge in [0.15, 0.2) is 0 Å². The third kappa shape index (κ3) is 2.62. The summed E-state index contributed by atoms with van der Waals surface area (Å²) in [6.45, 7) is 1.19. The Bertz CT molecular complexity index is 591. The van der Waals surface area contributed by atoms with E-state index in [1.165, 1.54) is 15.4 Å². The van der Waals surface area contributed by atoms with E-state index < -0.39 is 10.0 Å². The molecule has 0 bridgehead atoms. The van der Waals surface area contributed by atoms with E-state index in [-0.39, 0.29) is 6.10 Å². The summed E-state index contributed by atoms with van der Waals surface area (Å²) < 4.78 is 32.1. The molecule has 0 amide bonds. The molecule has 1 aromatic rings. The number of nitrogens with zero attached hydrogens (tertiary/aromatic N) is 1. The number of benzene rings is 1. The van der Waals surface area contributed by atoms with Gasteiger partial charge in [0.1, 0.15) is 0 Å². The van der Waals surface area contributed by atoms with Gasteiger partial charge in [0.2, 0.25) is 10.0 Å². The molecule has 0 N–H and O–H groups in total. The Hall–Kier alpha value is -0.910. The van der Waals surface area contributed by atoms with Gasteiger partial charge < -0.3 is 4.74 Å². The second kappa shape index (κ2) is 5.47. The van der Waals surface area contributed by atoms with Crippen LogP contribution in [0.5, 0.6) is 0 Å². The number of sulfonamides is 1. The number of hydrogen-bond acceptors (Lipinski definition) is 3. The van der Waals surface area contributed by atoms with E-state index in [0.29, 0.717) is 11.4 Å². The largest absolute Gasteiger partial charge is 0.377 e. The van der Waals surface area contributed by atoms with Crippen LogP contribution >= 0.6 is 0 Å². The van der Waals surface area contributed by atoms with Crippen molar-refractivity contribution in [3.63, 3.8) is 0 Å². The van der Waals surface area contributed by atoms with Crippen LogP contribution in [0.15, 0.2) is 23.1 Å². The van der Waals surface area contributed by atoms with E-state index >= 15 is 0 Å². The summed E-state index contributed by atoms with van der Waals surface area (Å²) in [7, 11) is -1.75. The maximum absolute atomic E-state index is 12.6. The van der Waals surface area contributed by atoms with Crippen molar-refractivity contribution in [2.24, 2.45) is 0 Å². The highest BCUT2D eigenvalue weighted by atomic mass is 32.2. The molecule has 0 radical (unpaired) electrons. The molecule has 2 aliphatic rings. The van der Waals surface area contributed by atoms with Crippen molar-refractivity contribution in [3.05, 3.63) is 29.3 Å².